The first kappa shape index (κ1) is 9.93. The van der Waals surface area contributed by atoms with Gasteiger partial charge in [0.1, 0.15) is 0 Å². The second-order valence-corrected chi connectivity index (χ2v) is 4.20. The number of carbonyl (C=O) groups is 1. The lowest BCUT2D eigenvalue weighted by Crippen LogP contribution is -2.51. The molecule has 0 bridgehead atoms. The van der Waals surface area contributed by atoms with Gasteiger partial charge in [-0.1, -0.05) is 0 Å². The summed E-state index contributed by atoms with van der Waals surface area (Å²) in [5.41, 5.74) is 0. The van der Waals surface area contributed by atoms with Crippen LogP contribution in [0.2, 0.25) is 0 Å². The summed E-state index contributed by atoms with van der Waals surface area (Å²) in [6.07, 6.45) is 3.30. The molecule has 1 N–H and O–H groups in total. The standard InChI is InChI=1S/C10H17NO3/c12-10(13)6-11-4-1-2-8-7-14-5-3-9(8)11/h8-9H,1-7H2,(H,12,13). The average Bonchev–Trinajstić information content (AvgIpc) is 2.18. The van der Waals surface area contributed by atoms with E-state index in [4.69, 9.17) is 9.84 Å². The van der Waals surface area contributed by atoms with E-state index < -0.39 is 5.97 Å². The molecule has 0 amide bonds. The van der Waals surface area contributed by atoms with E-state index in [0.717, 1.165) is 32.6 Å². The zero-order valence-electron chi connectivity index (χ0n) is 8.32. The topological polar surface area (TPSA) is 49.8 Å². The van der Waals surface area contributed by atoms with Crippen LogP contribution in [0.15, 0.2) is 0 Å². The first-order chi connectivity index (χ1) is 6.77. The Kier molecular flexibility index (Phi) is 3.03. The summed E-state index contributed by atoms with van der Waals surface area (Å²) in [6, 6.07) is 0.452. The Labute approximate surface area is 83.8 Å². The van der Waals surface area contributed by atoms with Crippen LogP contribution in [-0.2, 0) is 9.53 Å². The maximum Gasteiger partial charge on any atom is 0.317 e. The highest BCUT2D eigenvalue weighted by atomic mass is 16.5. The van der Waals surface area contributed by atoms with Gasteiger partial charge in [0, 0.05) is 12.6 Å². The Bertz CT molecular complexity index is 217. The Balaban J connectivity index is 1.97. The predicted molar refractivity (Wildman–Crippen MR) is 51.2 cm³/mol. The van der Waals surface area contributed by atoms with Crippen molar-refractivity contribution < 1.29 is 14.6 Å². The van der Waals surface area contributed by atoms with Gasteiger partial charge in [0.15, 0.2) is 0 Å². The predicted octanol–water partition coefficient (Wildman–Crippen LogP) is 0.572. The second kappa shape index (κ2) is 4.28. The van der Waals surface area contributed by atoms with Gasteiger partial charge in [-0.05, 0) is 31.7 Å². The number of nitrogens with zero attached hydrogens (tertiary/aromatic N) is 1. The SMILES string of the molecule is O=C(O)CN1CCCC2COCCC21. The Morgan fingerprint density at radius 2 is 2.36 bits per heavy atom. The molecule has 0 aliphatic carbocycles. The van der Waals surface area contributed by atoms with E-state index in [0.29, 0.717) is 12.0 Å². The molecule has 2 fully saturated rings. The molecule has 0 aromatic rings. The fourth-order valence-electron chi connectivity index (χ4n) is 2.63. The van der Waals surface area contributed by atoms with Gasteiger partial charge in [-0.2, -0.15) is 0 Å². The van der Waals surface area contributed by atoms with Crippen LogP contribution in [0.3, 0.4) is 0 Å². The van der Waals surface area contributed by atoms with Crippen LogP contribution in [0.1, 0.15) is 19.3 Å². The summed E-state index contributed by atoms with van der Waals surface area (Å²) in [5.74, 6) is -0.144. The lowest BCUT2D eigenvalue weighted by Gasteiger charge is -2.43. The highest BCUT2D eigenvalue weighted by Gasteiger charge is 2.34. The average molecular weight is 199 g/mol. The van der Waals surface area contributed by atoms with Crippen LogP contribution < -0.4 is 0 Å². The van der Waals surface area contributed by atoms with E-state index in [1.54, 1.807) is 0 Å². The molecule has 4 nitrogen and oxygen atoms in total. The Morgan fingerprint density at radius 1 is 1.50 bits per heavy atom. The zero-order valence-corrected chi connectivity index (χ0v) is 8.32. The van der Waals surface area contributed by atoms with E-state index in [2.05, 4.69) is 4.90 Å². The molecule has 2 aliphatic heterocycles. The summed E-state index contributed by atoms with van der Waals surface area (Å²) in [4.78, 5) is 12.8. The number of hydrogen-bond donors (Lipinski definition) is 1. The number of carboxylic acids is 1. The monoisotopic (exact) mass is 199 g/mol. The fourth-order valence-corrected chi connectivity index (χ4v) is 2.63. The normalized spacial score (nSPS) is 33.7. The maximum absolute atomic E-state index is 10.7. The number of aliphatic carboxylic acids is 1. The smallest absolute Gasteiger partial charge is 0.317 e. The molecule has 2 saturated heterocycles. The number of piperidine rings is 1. The summed E-state index contributed by atoms with van der Waals surface area (Å²) in [6.45, 7) is 2.74. The number of fused-ring (bicyclic) bond motifs is 1. The Hall–Kier alpha value is -0.610. The number of ether oxygens (including phenoxy) is 1. The van der Waals surface area contributed by atoms with Crippen molar-refractivity contribution in [3.8, 4) is 0 Å². The second-order valence-electron chi connectivity index (χ2n) is 4.20. The van der Waals surface area contributed by atoms with Gasteiger partial charge in [-0.25, -0.2) is 0 Å². The number of likely N-dealkylation sites (tertiary alicyclic amines) is 1. The largest absolute Gasteiger partial charge is 0.480 e. The van der Waals surface area contributed by atoms with Crippen LogP contribution in [0, 0.1) is 5.92 Å². The highest BCUT2D eigenvalue weighted by molar-refractivity contribution is 5.69. The number of hydrogen-bond acceptors (Lipinski definition) is 3. The van der Waals surface area contributed by atoms with E-state index in [-0.39, 0.29) is 6.54 Å². The minimum absolute atomic E-state index is 0.196. The van der Waals surface area contributed by atoms with Crippen LogP contribution >= 0.6 is 0 Å². The fraction of sp³-hybridized carbons (Fsp3) is 0.900. The minimum Gasteiger partial charge on any atom is -0.480 e. The van der Waals surface area contributed by atoms with Crippen molar-refractivity contribution in [3.05, 3.63) is 0 Å². The summed E-state index contributed by atoms with van der Waals surface area (Å²) < 4.78 is 5.42. The van der Waals surface area contributed by atoms with Gasteiger partial charge in [0.25, 0.3) is 0 Å². The van der Waals surface area contributed by atoms with E-state index in [9.17, 15) is 4.79 Å². The first-order valence-electron chi connectivity index (χ1n) is 5.31. The molecule has 0 aromatic heterocycles. The van der Waals surface area contributed by atoms with Gasteiger partial charge < -0.3 is 9.84 Å². The Morgan fingerprint density at radius 3 is 3.14 bits per heavy atom. The van der Waals surface area contributed by atoms with Gasteiger partial charge in [-0.15, -0.1) is 0 Å². The first-order valence-corrected chi connectivity index (χ1v) is 5.31. The molecule has 2 atom stereocenters. The summed E-state index contributed by atoms with van der Waals surface area (Å²) >= 11 is 0. The number of carboxylic acid groups (broad SMARTS) is 1. The molecule has 0 radical (unpaired) electrons. The molecule has 2 unspecified atom stereocenters. The summed E-state index contributed by atoms with van der Waals surface area (Å²) in [7, 11) is 0. The third-order valence-corrected chi connectivity index (χ3v) is 3.26. The molecular formula is C10H17NO3. The van der Waals surface area contributed by atoms with Gasteiger partial charge in [0.05, 0.1) is 13.2 Å². The lowest BCUT2D eigenvalue weighted by molar-refractivity contribution is -0.141. The van der Waals surface area contributed by atoms with Gasteiger partial charge in [-0.3, -0.25) is 9.69 Å². The summed E-state index contributed by atoms with van der Waals surface area (Å²) in [5, 5.41) is 8.78. The van der Waals surface area contributed by atoms with Crippen molar-refractivity contribution in [2.24, 2.45) is 5.92 Å². The van der Waals surface area contributed by atoms with Crippen molar-refractivity contribution in [1.29, 1.82) is 0 Å². The third-order valence-electron chi connectivity index (χ3n) is 3.26. The van der Waals surface area contributed by atoms with Crippen LogP contribution in [0.5, 0.6) is 0 Å². The third kappa shape index (κ3) is 2.07. The molecule has 0 aromatic carbocycles. The lowest BCUT2D eigenvalue weighted by atomic mass is 9.86. The van der Waals surface area contributed by atoms with Gasteiger partial charge >= 0.3 is 5.97 Å². The quantitative estimate of drug-likeness (QED) is 0.706. The molecule has 0 saturated carbocycles. The van der Waals surface area contributed by atoms with Crippen molar-refractivity contribution in [3.63, 3.8) is 0 Å². The van der Waals surface area contributed by atoms with E-state index in [1.807, 2.05) is 0 Å². The highest BCUT2D eigenvalue weighted by Crippen LogP contribution is 2.28. The molecule has 2 heterocycles. The molecule has 2 rings (SSSR count). The maximum atomic E-state index is 10.7. The van der Waals surface area contributed by atoms with E-state index >= 15 is 0 Å². The molecule has 2 aliphatic rings. The molecule has 4 heteroatoms. The minimum atomic E-state index is -0.711. The molecular weight excluding hydrogens is 182 g/mol. The number of rotatable bonds is 2. The molecule has 14 heavy (non-hydrogen) atoms. The van der Waals surface area contributed by atoms with E-state index in [1.165, 1.54) is 6.42 Å². The van der Waals surface area contributed by atoms with Crippen molar-refractivity contribution in [2.75, 3.05) is 26.3 Å². The molecule has 80 valence electrons. The molecule has 0 spiro atoms. The zero-order chi connectivity index (χ0) is 9.97. The van der Waals surface area contributed by atoms with Crippen LogP contribution in [0.25, 0.3) is 0 Å². The van der Waals surface area contributed by atoms with Crippen LogP contribution in [-0.4, -0.2) is 48.3 Å². The van der Waals surface area contributed by atoms with Crippen molar-refractivity contribution in [1.82, 2.24) is 4.90 Å². The van der Waals surface area contributed by atoms with Crippen molar-refractivity contribution >= 4 is 5.97 Å². The van der Waals surface area contributed by atoms with Crippen molar-refractivity contribution in [2.45, 2.75) is 25.3 Å². The van der Waals surface area contributed by atoms with Gasteiger partial charge in [0.2, 0.25) is 0 Å². The van der Waals surface area contributed by atoms with Crippen LogP contribution in [0.4, 0.5) is 0 Å².